The molecular weight excluding hydrogens is 780 g/mol. The molecule has 3 aliphatic heterocycles. The molecule has 4 fully saturated rings. The van der Waals surface area contributed by atoms with Crippen molar-refractivity contribution < 1.29 is 28.0 Å². The summed E-state index contributed by atoms with van der Waals surface area (Å²) in [7, 11) is 1.65. The second-order valence-electron chi connectivity index (χ2n) is 17.0. The number of carbonyl (C=O) groups is 4. The van der Waals surface area contributed by atoms with Crippen LogP contribution in [-0.4, -0.2) is 75.3 Å². The summed E-state index contributed by atoms with van der Waals surface area (Å²) in [5.41, 5.74) is 3.77. The Labute approximate surface area is 354 Å². The molecule has 4 aromatic rings. The topological polar surface area (TPSA) is 172 Å². The summed E-state index contributed by atoms with van der Waals surface area (Å²) in [6.45, 7) is 2.27. The maximum Gasteiger partial charge on any atom is 0.420 e. The zero-order chi connectivity index (χ0) is 42.5. The van der Waals surface area contributed by atoms with Gasteiger partial charge in [-0.3, -0.25) is 34.0 Å². The van der Waals surface area contributed by atoms with E-state index in [9.17, 15) is 28.4 Å². The quantitative estimate of drug-likeness (QED) is 0.162. The molecule has 2 saturated heterocycles. The van der Waals surface area contributed by atoms with E-state index in [1.165, 1.54) is 42.2 Å². The third-order valence-electron chi connectivity index (χ3n) is 13.1. The molecule has 2 aromatic carbocycles. The Morgan fingerprint density at radius 2 is 1.74 bits per heavy atom. The van der Waals surface area contributed by atoms with Crippen molar-refractivity contribution in [3.8, 4) is 11.3 Å². The van der Waals surface area contributed by atoms with E-state index in [1.807, 2.05) is 24.3 Å². The molecule has 2 aromatic heterocycles. The first kappa shape index (κ1) is 42.0. The van der Waals surface area contributed by atoms with Crippen LogP contribution in [0.25, 0.3) is 22.4 Å². The fourth-order valence-corrected chi connectivity index (χ4v) is 9.78. The molecule has 2 aliphatic carbocycles. The van der Waals surface area contributed by atoms with Gasteiger partial charge in [-0.2, -0.15) is 0 Å². The van der Waals surface area contributed by atoms with E-state index in [-0.39, 0.29) is 41.8 Å². The Bertz CT molecular complexity index is 2350. The minimum absolute atomic E-state index is 0.00753. The van der Waals surface area contributed by atoms with Gasteiger partial charge in [0.05, 0.1) is 11.7 Å². The first-order valence-corrected chi connectivity index (χ1v) is 22.0. The summed E-state index contributed by atoms with van der Waals surface area (Å²) in [5, 5.41) is 8.30. The van der Waals surface area contributed by atoms with Crippen molar-refractivity contribution in [1.29, 1.82) is 0 Å². The van der Waals surface area contributed by atoms with E-state index >= 15 is 0 Å². The van der Waals surface area contributed by atoms with Crippen molar-refractivity contribution in [2.75, 3.05) is 30.4 Å². The highest BCUT2D eigenvalue weighted by molar-refractivity contribution is 6.00. The van der Waals surface area contributed by atoms with Gasteiger partial charge >= 0.3 is 5.76 Å². The first-order valence-electron chi connectivity index (χ1n) is 22.0. The number of likely N-dealkylation sites (tertiary alicyclic amines) is 1. The molecule has 61 heavy (non-hydrogen) atoms. The van der Waals surface area contributed by atoms with Crippen LogP contribution in [0, 0.1) is 11.7 Å². The van der Waals surface area contributed by atoms with E-state index in [4.69, 9.17) is 4.42 Å². The number of hydrogen-bond acceptors (Lipinski definition) is 10. The smallest absolute Gasteiger partial charge is 0.408 e. The Morgan fingerprint density at radius 1 is 0.918 bits per heavy atom. The number of nitrogens with zero attached hydrogens (tertiary/aromatic N) is 5. The Balaban J connectivity index is 0.000000168. The standard InChI is InChI=1S/C23H26FN5O2.C23H29N3O4/c1-25-22(31)16-7-4-8-17(12-16)27-23-26-14-19(24)21(28-23)15-6-5-9-18(13-15)29-11-3-2-10-20(29)30;27-21-9-8-19(22(28)24-21)26-18-7-6-16(14-20(18)30-23(26)29)15-10-12-25(13-11-15)17-4-2-1-3-5-17/h3,5-6,9,11,13-14,16-17H,2,4,7-8,10,12H2,1H3,(H,25,31)(H,26,27,28);6-7,14-15,17,19H,1-5,8-13H2,(H,24,27,28). The van der Waals surface area contributed by atoms with Crippen LogP contribution in [0.5, 0.6) is 0 Å². The van der Waals surface area contributed by atoms with Crippen molar-refractivity contribution in [1.82, 2.24) is 30.1 Å². The van der Waals surface area contributed by atoms with Crippen LogP contribution in [0.4, 0.5) is 16.0 Å². The second kappa shape index (κ2) is 18.9. The van der Waals surface area contributed by atoms with Gasteiger partial charge in [0, 0.05) is 55.3 Å². The van der Waals surface area contributed by atoms with Crippen molar-refractivity contribution in [3.63, 3.8) is 0 Å². The van der Waals surface area contributed by atoms with Gasteiger partial charge in [-0.05, 0) is 107 Å². The minimum atomic E-state index is -0.693. The van der Waals surface area contributed by atoms with E-state index < -0.39 is 23.5 Å². The molecule has 5 heterocycles. The molecule has 5 aliphatic rings. The molecule has 14 nitrogen and oxygen atoms in total. The summed E-state index contributed by atoms with van der Waals surface area (Å²) in [6, 6.07) is 13.2. The summed E-state index contributed by atoms with van der Waals surface area (Å²) in [5.74, 6) is -0.980. The summed E-state index contributed by atoms with van der Waals surface area (Å²) >= 11 is 0. The largest absolute Gasteiger partial charge is 0.420 e. The number of oxazole rings is 1. The van der Waals surface area contributed by atoms with Crippen molar-refractivity contribution in [2.45, 2.75) is 120 Å². The Hall–Kier alpha value is -5.70. The average Bonchev–Trinajstić information content (AvgIpc) is 3.62. The maximum absolute atomic E-state index is 14.6. The molecule has 322 valence electrons. The highest BCUT2D eigenvalue weighted by atomic mass is 19.1. The van der Waals surface area contributed by atoms with Gasteiger partial charge in [0.2, 0.25) is 29.6 Å². The number of amides is 4. The number of fused-ring (bicyclic) bond motifs is 1. The molecule has 9 rings (SSSR count). The molecule has 2 saturated carbocycles. The predicted molar refractivity (Wildman–Crippen MR) is 229 cm³/mol. The molecule has 0 bridgehead atoms. The van der Waals surface area contributed by atoms with Gasteiger partial charge in [0.1, 0.15) is 11.7 Å². The number of benzene rings is 2. The lowest BCUT2D eigenvalue weighted by molar-refractivity contribution is -0.136. The van der Waals surface area contributed by atoms with Crippen LogP contribution in [0.15, 0.2) is 70.1 Å². The van der Waals surface area contributed by atoms with Gasteiger partial charge in [-0.15, -0.1) is 0 Å². The molecule has 4 amide bonds. The van der Waals surface area contributed by atoms with Crippen LogP contribution in [0.3, 0.4) is 0 Å². The highest BCUT2D eigenvalue weighted by Gasteiger charge is 2.33. The van der Waals surface area contributed by atoms with Crippen LogP contribution in [-0.2, 0) is 19.2 Å². The normalized spacial score (nSPS) is 23.0. The molecule has 15 heteroatoms. The van der Waals surface area contributed by atoms with Crippen LogP contribution in [0.1, 0.15) is 114 Å². The average molecular weight is 835 g/mol. The Kier molecular flexibility index (Phi) is 13.0. The summed E-state index contributed by atoms with van der Waals surface area (Å²) in [6.07, 6.45) is 19.0. The fraction of sp³-hybridized carbons (Fsp3) is 0.500. The van der Waals surface area contributed by atoms with Gasteiger partial charge in [-0.25, -0.2) is 19.2 Å². The predicted octanol–water partition coefficient (Wildman–Crippen LogP) is 6.72. The number of piperidine rings is 2. The Morgan fingerprint density at radius 3 is 2.51 bits per heavy atom. The van der Waals surface area contributed by atoms with Gasteiger partial charge in [0.15, 0.2) is 11.4 Å². The zero-order valence-corrected chi connectivity index (χ0v) is 34.7. The number of rotatable bonds is 8. The number of halogens is 1. The van der Waals surface area contributed by atoms with E-state index in [2.05, 4.69) is 36.9 Å². The van der Waals surface area contributed by atoms with Crippen LogP contribution < -0.4 is 26.6 Å². The monoisotopic (exact) mass is 834 g/mol. The molecule has 3 N–H and O–H groups in total. The van der Waals surface area contributed by atoms with Gasteiger partial charge in [0.25, 0.3) is 0 Å². The van der Waals surface area contributed by atoms with Crippen molar-refractivity contribution in [2.24, 2.45) is 5.92 Å². The molecule has 0 radical (unpaired) electrons. The second-order valence-corrected chi connectivity index (χ2v) is 17.0. The summed E-state index contributed by atoms with van der Waals surface area (Å²) < 4.78 is 21.5. The molecule has 3 atom stereocenters. The van der Waals surface area contributed by atoms with Crippen molar-refractivity contribution >= 4 is 46.4 Å². The lowest BCUT2D eigenvalue weighted by atomic mass is 9.85. The number of anilines is 2. The lowest BCUT2D eigenvalue weighted by Crippen LogP contribution is -2.43. The number of aromatic nitrogens is 3. The summed E-state index contributed by atoms with van der Waals surface area (Å²) in [4.78, 5) is 73.1. The SMILES string of the molecule is CNC(=O)C1CCCC(Nc2ncc(F)c(-c3cccc(N4C=CCCC4=O)c3)n2)C1.O=C1CCC(n2c(=O)oc3cc(C4CCN(C5CCCCC5)CC4)ccc32)C(=O)N1. The zero-order valence-electron chi connectivity index (χ0n) is 34.7. The number of nitrogens with one attached hydrogen (secondary N) is 3. The van der Waals surface area contributed by atoms with Gasteiger partial charge < -0.3 is 20.0 Å². The van der Waals surface area contributed by atoms with E-state index in [0.29, 0.717) is 53.5 Å². The van der Waals surface area contributed by atoms with Gasteiger partial charge in [-0.1, -0.05) is 50.0 Å². The van der Waals surface area contributed by atoms with Crippen molar-refractivity contribution in [3.05, 3.63) is 82.9 Å². The third kappa shape index (κ3) is 9.61. The van der Waals surface area contributed by atoms with Crippen LogP contribution in [0.2, 0.25) is 0 Å². The molecular formula is C46H55FN8O6. The van der Waals surface area contributed by atoms with Crippen LogP contribution >= 0.6 is 0 Å². The highest BCUT2D eigenvalue weighted by Crippen LogP contribution is 2.35. The number of carbonyl (C=O) groups excluding carboxylic acids is 4. The third-order valence-corrected chi connectivity index (χ3v) is 13.1. The number of hydrogen-bond donors (Lipinski definition) is 3. The van der Waals surface area contributed by atoms with E-state index in [0.717, 1.165) is 63.9 Å². The first-order chi connectivity index (χ1) is 29.6. The number of imide groups is 1. The number of allylic oxidation sites excluding steroid dienone is 1. The lowest BCUT2D eigenvalue weighted by Gasteiger charge is -2.39. The van der Waals surface area contributed by atoms with E-state index in [1.54, 1.807) is 36.3 Å². The minimum Gasteiger partial charge on any atom is -0.408 e. The maximum atomic E-state index is 14.6. The molecule has 0 spiro atoms. The fourth-order valence-electron chi connectivity index (χ4n) is 9.78. The molecule has 3 unspecified atom stereocenters.